The Hall–Kier alpha value is -1.30. The van der Waals surface area contributed by atoms with Gasteiger partial charge in [-0.15, -0.1) is 0 Å². The van der Waals surface area contributed by atoms with E-state index >= 15 is 0 Å². The van der Waals surface area contributed by atoms with Crippen LogP contribution in [-0.4, -0.2) is 23.6 Å². The van der Waals surface area contributed by atoms with E-state index in [1.807, 2.05) is 20.8 Å². The lowest BCUT2D eigenvalue weighted by Crippen LogP contribution is -2.45. The summed E-state index contributed by atoms with van der Waals surface area (Å²) in [4.78, 5) is 22.4. The maximum Gasteiger partial charge on any atom is 0.407 e. The number of nitrogens with one attached hydrogen (secondary N) is 2. The first kappa shape index (κ1) is 13.8. The number of carbonyl (C=O) groups is 2. The molecule has 2 amide bonds. The highest BCUT2D eigenvalue weighted by Gasteiger charge is 2.33. The number of nitrogens with two attached hydrogens (primary N) is 1. The molecule has 1 saturated carbocycles. The first-order chi connectivity index (χ1) is 7.80. The van der Waals surface area contributed by atoms with Crippen LogP contribution in [0, 0.1) is 5.92 Å². The van der Waals surface area contributed by atoms with Gasteiger partial charge < -0.3 is 10.1 Å². The Kier molecular flexibility index (Phi) is 4.34. The number of hydrogen-bond donors (Lipinski definition) is 3. The summed E-state index contributed by atoms with van der Waals surface area (Å²) in [7, 11) is 0. The summed E-state index contributed by atoms with van der Waals surface area (Å²) in [5.74, 6) is 5.08. The Morgan fingerprint density at radius 2 is 1.94 bits per heavy atom. The molecule has 4 N–H and O–H groups in total. The van der Waals surface area contributed by atoms with Gasteiger partial charge in [0.2, 0.25) is 5.91 Å². The zero-order chi connectivity index (χ0) is 13.1. The molecule has 0 aromatic carbocycles. The van der Waals surface area contributed by atoms with Crippen LogP contribution in [0.2, 0.25) is 0 Å². The number of rotatable bonds is 3. The fourth-order valence-electron chi connectivity index (χ4n) is 1.75. The van der Waals surface area contributed by atoms with Gasteiger partial charge in [-0.05, 0) is 39.5 Å². The Balaban J connectivity index is 2.17. The van der Waals surface area contributed by atoms with Crippen molar-refractivity contribution in [2.45, 2.75) is 51.7 Å². The SMILES string of the molecule is CC(C)(C)NC(=O)OC1CC(CC(=O)NN)C1. The Morgan fingerprint density at radius 1 is 1.35 bits per heavy atom. The van der Waals surface area contributed by atoms with Gasteiger partial charge in [-0.1, -0.05) is 0 Å². The zero-order valence-corrected chi connectivity index (χ0v) is 10.6. The lowest BCUT2D eigenvalue weighted by atomic mass is 9.80. The van der Waals surface area contributed by atoms with Crippen molar-refractivity contribution in [1.29, 1.82) is 0 Å². The van der Waals surface area contributed by atoms with Gasteiger partial charge in [-0.2, -0.15) is 0 Å². The molecule has 0 aromatic heterocycles. The van der Waals surface area contributed by atoms with Crippen molar-refractivity contribution >= 4 is 12.0 Å². The van der Waals surface area contributed by atoms with Gasteiger partial charge in [0.15, 0.2) is 0 Å². The summed E-state index contributed by atoms with van der Waals surface area (Å²) < 4.78 is 5.19. The van der Waals surface area contributed by atoms with Gasteiger partial charge in [0.25, 0.3) is 0 Å². The molecule has 1 aliphatic rings. The summed E-state index contributed by atoms with van der Waals surface area (Å²) in [6.45, 7) is 5.68. The fourth-order valence-corrected chi connectivity index (χ4v) is 1.75. The van der Waals surface area contributed by atoms with Crippen LogP contribution in [0.15, 0.2) is 0 Å². The largest absolute Gasteiger partial charge is 0.446 e. The number of hydrogen-bond acceptors (Lipinski definition) is 4. The Morgan fingerprint density at radius 3 is 2.41 bits per heavy atom. The normalized spacial score (nSPS) is 23.5. The standard InChI is InChI=1S/C11H21N3O3/c1-11(2,3)13-10(16)17-8-4-7(5-8)6-9(15)14-12/h7-8H,4-6,12H2,1-3H3,(H,13,16)(H,14,15). The monoisotopic (exact) mass is 243 g/mol. The van der Waals surface area contributed by atoms with Gasteiger partial charge in [0.1, 0.15) is 6.10 Å². The molecule has 6 heteroatoms. The summed E-state index contributed by atoms with van der Waals surface area (Å²) in [6.07, 6.45) is 1.38. The van der Waals surface area contributed by atoms with Crippen molar-refractivity contribution in [3.63, 3.8) is 0 Å². The molecule has 1 rings (SSSR count). The van der Waals surface area contributed by atoms with E-state index in [1.165, 1.54) is 0 Å². The van der Waals surface area contributed by atoms with Crippen LogP contribution >= 0.6 is 0 Å². The molecule has 0 aliphatic heterocycles. The summed E-state index contributed by atoms with van der Waals surface area (Å²) >= 11 is 0. The molecule has 98 valence electrons. The van der Waals surface area contributed by atoms with Gasteiger partial charge in [0.05, 0.1) is 0 Å². The number of hydrazine groups is 1. The molecule has 6 nitrogen and oxygen atoms in total. The molecule has 0 bridgehead atoms. The first-order valence-corrected chi connectivity index (χ1v) is 5.78. The van der Waals surface area contributed by atoms with E-state index in [-0.39, 0.29) is 23.5 Å². The van der Waals surface area contributed by atoms with Crippen molar-refractivity contribution in [2.75, 3.05) is 0 Å². The number of alkyl carbamates (subject to hydrolysis) is 1. The topological polar surface area (TPSA) is 93.4 Å². The predicted molar refractivity (Wildman–Crippen MR) is 62.8 cm³/mol. The molecular weight excluding hydrogens is 222 g/mol. The Labute approximate surface area is 101 Å². The quantitative estimate of drug-likeness (QED) is 0.386. The number of carbonyl (C=O) groups excluding carboxylic acids is 2. The van der Waals surface area contributed by atoms with Crippen LogP contribution in [-0.2, 0) is 9.53 Å². The minimum Gasteiger partial charge on any atom is -0.446 e. The molecule has 0 radical (unpaired) electrons. The van der Waals surface area contributed by atoms with Crippen LogP contribution in [0.3, 0.4) is 0 Å². The average Bonchev–Trinajstić information content (AvgIpc) is 2.11. The van der Waals surface area contributed by atoms with Gasteiger partial charge >= 0.3 is 6.09 Å². The second kappa shape index (κ2) is 5.35. The molecule has 0 atom stereocenters. The second-order valence-electron chi connectivity index (χ2n) is 5.51. The molecule has 0 unspecified atom stereocenters. The highest BCUT2D eigenvalue weighted by molar-refractivity contribution is 5.75. The minimum absolute atomic E-state index is 0.0760. The van der Waals surface area contributed by atoms with E-state index in [0.717, 1.165) is 12.8 Å². The highest BCUT2D eigenvalue weighted by Crippen LogP contribution is 2.32. The third-order valence-electron chi connectivity index (χ3n) is 2.58. The average molecular weight is 243 g/mol. The third-order valence-corrected chi connectivity index (χ3v) is 2.58. The van der Waals surface area contributed by atoms with Gasteiger partial charge in [0, 0.05) is 12.0 Å². The van der Waals surface area contributed by atoms with Gasteiger partial charge in [-0.25, -0.2) is 10.6 Å². The lowest BCUT2D eigenvalue weighted by Gasteiger charge is -2.34. The van der Waals surface area contributed by atoms with Crippen molar-refractivity contribution in [2.24, 2.45) is 11.8 Å². The molecule has 1 fully saturated rings. The Bertz CT molecular complexity index is 293. The molecule has 1 aliphatic carbocycles. The lowest BCUT2D eigenvalue weighted by molar-refractivity contribution is -0.123. The smallest absolute Gasteiger partial charge is 0.407 e. The molecule has 0 spiro atoms. The molecule has 0 aromatic rings. The summed E-state index contributed by atoms with van der Waals surface area (Å²) in [6, 6.07) is 0. The highest BCUT2D eigenvalue weighted by atomic mass is 16.6. The maximum atomic E-state index is 11.4. The predicted octanol–water partition coefficient (Wildman–Crippen LogP) is 0.670. The van der Waals surface area contributed by atoms with Crippen molar-refractivity contribution < 1.29 is 14.3 Å². The van der Waals surface area contributed by atoms with Crippen LogP contribution in [0.4, 0.5) is 4.79 Å². The minimum atomic E-state index is -0.399. The number of ether oxygens (including phenoxy) is 1. The fraction of sp³-hybridized carbons (Fsp3) is 0.818. The zero-order valence-electron chi connectivity index (χ0n) is 10.6. The van der Waals surface area contributed by atoms with E-state index in [1.54, 1.807) is 0 Å². The molecule has 17 heavy (non-hydrogen) atoms. The second-order valence-corrected chi connectivity index (χ2v) is 5.51. The molecule has 0 heterocycles. The first-order valence-electron chi connectivity index (χ1n) is 5.78. The van der Waals surface area contributed by atoms with Gasteiger partial charge in [-0.3, -0.25) is 10.2 Å². The van der Waals surface area contributed by atoms with Crippen LogP contribution < -0.4 is 16.6 Å². The van der Waals surface area contributed by atoms with E-state index in [2.05, 4.69) is 10.7 Å². The van der Waals surface area contributed by atoms with E-state index in [0.29, 0.717) is 6.42 Å². The number of amides is 2. The van der Waals surface area contributed by atoms with E-state index in [4.69, 9.17) is 10.6 Å². The van der Waals surface area contributed by atoms with E-state index in [9.17, 15) is 9.59 Å². The van der Waals surface area contributed by atoms with Crippen molar-refractivity contribution in [1.82, 2.24) is 10.7 Å². The molecular formula is C11H21N3O3. The van der Waals surface area contributed by atoms with Crippen LogP contribution in [0.5, 0.6) is 0 Å². The third kappa shape index (κ3) is 5.04. The van der Waals surface area contributed by atoms with Crippen molar-refractivity contribution in [3.8, 4) is 0 Å². The summed E-state index contributed by atoms with van der Waals surface area (Å²) in [5, 5.41) is 2.72. The summed E-state index contributed by atoms with van der Waals surface area (Å²) in [5.41, 5.74) is 1.80. The van der Waals surface area contributed by atoms with E-state index < -0.39 is 6.09 Å². The maximum absolute atomic E-state index is 11.4. The van der Waals surface area contributed by atoms with Crippen molar-refractivity contribution in [3.05, 3.63) is 0 Å². The molecule has 0 saturated heterocycles. The van der Waals surface area contributed by atoms with Crippen LogP contribution in [0.1, 0.15) is 40.0 Å². The van der Waals surface area contributed by atoms with Crippen LogP contribution in [0.25, 0.3) is 0 Å².